The Morgan fingerprint density at radius 2 is 2.04 bits per heavy atom. The second-order valence-electron chi connectivity index (χ2n) is 6.44. The minimum Gasteiger partial charge on any atom is -0.463 e. The molecule has 2 aliphatic heterocycles. The van der Waals surface area contributed by atoms with Gasteiger partial charge in [-0.1, -0.05) is 30.8 Å². The summed E-state index contributed by atoms with van der Waals surface area (Å²) in [5.41, 5.74) is 3.04. The average molecular weight is 388 g/mol. The molecule has 7 heteroatoms. The van der Waals surface area contributed by atoms with Gasteiger partial charge in [-0.25, -0.2) is 9.79 Å². The highest BCUT2D eigenvalue weighted by molar-refractivity contribution is 8.13. The molecule has 3 rings (SSSR count). The molecule has 0 saturated carbocycles. The van der Waals surface area contributed by atoms with Crippen LogP contribution in [0.3, 0.4) is 0 Å². The number of aliphatic imine (C=N–C) groups is 1. The van der Waals surface area contributed by atoms with Gasteiger partial charge in [0.2, 0.25) is 5.91 Å². The Balaban J connectivity index is 1.97. The van der Waals surface area contributed by atoms with Crippen LogP contribution in [-0.2, 0) is 14.3 Å². The van der Waals surface area contributed by atoms with E-state index in [2.05, 4.69) is 15.2 Å². The summed E-state index contributed by atoms with van der Waals surface area (Å²) < 4.78 is 5.32. The number of esters is 1. The number of amidine groups is 1. The summed E-state index contributed by atoms with van der Waals surface area (Å²) >= 11 is 1.72. The van der Waals surface area contributed by atoms with E-state index in [-0.39, 0.29) is 17.9 Å². The van der Waals surface area contributed by atoms with Crippen LogP contribution in [0.1, 0.15) is 45.2 Å². The van der Waals surface area contributed by atoms with Crippen molar-refractivity contribution >= 4 is 34.5 Å². The number of carbonyl (C=O) groups excluding carboxylic acids is 2. The highest BCUT2D eigenvalue weighted by atomic mass is 32.2. The van der Waals surface area contributed by atoms with Crippen molar-refractivity contribution in [3.8, 4) is 0 Å². The molecular weight excluding hydrogens is 362 g/mol. The topological polar surface area (TPSA) is 71.0 Å². The maximum absolute atomic E-state index is 12.7. The van der Waals surface area contributed by atoms with E-state index in [1.807, 2.05) is 45.0 Å². The van der Waals surface area contributed by atoms with E-state index >= 15 is 0 Å². The quantitative estimate of drug-likeness (QED) is 0.780. The number of benzene rings is 1. The molecule has 6 nitrogen and oxygen atoms in total. The number of carbonyl (C=O) groups is 2. The molecule has 0 unspecified atom stereocenters. The van der Waals surface area contributed by atoms with Gasteiger partial charge >= 0.3 is 5.97 Å². The van der Waals surface area contributed by atoms with Crippen LogP contribution < -0.4 is 5.32 Å². The molecule has 1 saturated heterocycles. The normalized spacial score (nSPS) is 19.3. The van der Waals surface area contributed by atoms with Crippen LogP contribution in [0.2, 0.25) is 0 Å². The molecule has 0 radical (unpaired) electrons. The molecule has 1 amide bonds. The molecule has 0 aromatic heterocycles. The Morgan fingerprint density at radius 1 is 1.30 bits per heavy atom. The molecule has 144 valence electrons. The van der Waals surface area contributed by atoms with Crippen molar-refractivity contribution in [3.05, 3.63) is 41.1 Å². The lowest BCUT2D eigenvalue weighted by Crippen LogP contribution is -2.42. The van der Waals surface area contributed by atoms with E-state index in [0.29, 0.717) is 24.3 Å². The summed E-state index contributed by atoms with van der Waals surface area (Å²) in [7, 11) is 0. The van der Waals surface area contributed by atoms with E-state index in [1.165, 1.54) is 0 Å². The third-order valence-corrected chi connectivity index (χ3v) is 5.66. The number of ether oxygens (including phenoxy) is 1. The van der Waals surface area contributed by atoms with E-state index in [0.717, 1.165) is 35.1 Å². The average Bonchev–Trinajstić information content (AvgIpc) is 2.67. The van der Waals surface area contributed by atoms with Crippen molar-refractivity contribution in [1.82, 2.24) is 4.90 Å². The summed E-state index contributed by atoms with van der Waals surface area (Å²) in [5, 5.41) is 3.82. The Morgan fingerprint density at radius 3 is 2.70 bits per heavy atom. The van der Waals surface area contributed by atoms with Crippen LogP contribution in [0.4, 0.5) is 5.69 Å². The summed E-state index contributed by atoms with van der Waals surface area (Å²) in [4.78, 5) is 31.1. The number of hydrogen-bond acceptors (Lipinski definition) is 6. The number of anilines is 1. The standard InChI is InChI=1S/C20H25N3O3S/c1-4-16(24)22-15-9-7-14(8-10-15)18-17(19(25)26-5-2)13(3)21-20-23(18)11-6-12-27-20/h7-10,18H,4-6,11-12H2,1-3H3,(H,22,24)/t18-/m1/s1. The lowest BCUT2D eigenvalue weighted by Gasteiger charge is -2.40. The SMILES string of the molecule is CCOC(=O)C1=C(C)N=C2SCCCN2[C@@H]1c1ccc(NC(=O)CC)cc1. The highest BCUT2D eigenvalue weighted by Crippen LogP contribution is 2.40. The number of nitrogens with zero attached hydrogens (tertiary/aromatic N) is 2. The maximum atomic E-state index is 12.7. The van der Waals surface area contributed by atoms with E-state index in [9.17, 15) is 9.59 Å². The van der Waals surface area contributed by atoms with Crippen molar-refractivity contribution in [2.45, 2.75) is 39.7 Å². The van der Waals surface area contributed by atoms with E-state index < -0.39 is 0 Å². The van der Waals surface area contributed by atoms with Crippen molar-refractivity contribution in [2.24, 2.45) is 4.99 Å². The number of fused-ring (bicyclic) bond motifs is 1. The van der Waals surface area contributed by atoms with Crippen LogP contribution >= 0.6 is 11.8 Å². The van der Waals surface area contributed by atoms with Gasteiger partial charge in [-0.15, -0.1) is 0 Å². The molecule has 2 aliphatic rings. The van der Waals surface area contributed by atoms with Crippen LogP contribution in [0.25, 0.3) is 0 Å². The molecule has 0 bridgehead atoms. The first kappa shape index (κ1) is 19.5. The number of nitrogens with one attached hydrogen (secondary N) is 1. The van der Waals surface area contributed by atoms with E-state index in [1.54, 1.807) is 11.8 Å². The molecule has 1 N–H and O–H groups in total. The Bertz CT molecular complexity index is 786. The monoisotopic (exact) mass is 387 g/mol. The predicted molar refractivity (Wildman–Crippen MR) is 109 cm³/mol. The first-order chi connectivity index (χ1) is 13.0. The fraction of sp³-hybridized carbons (Fsp3) is 0.450. The lowest BCUT2D eigenvalue weighted by atomic mass is 9.94. The predicted octanol–water partition coefficient (Wildman–Crippen LogP) is 3.72. The fourth-order valence-corrected chi connectivity index (χ4v) is 4.30. The number of amides is 1. The van der Waals surface area contributed by atoms with Crippen molar-refractivity contribution < 1.29 is 14.3 Å². The van der Waals surface area contributed by atoms with Gasteiger partial charge in [0.05, 0.1) is 23.9 Å². The number of rotatable bonds is 5. The summed E-state index contributed by atoms with van der Waals surface area (Å²) in [6.07, 6.45) is 1.48. The molecule has 0 spiro atoms. The fourth-order valence-electron chi connectivity index (χ4n) is 3.28. The molecular formula is C20H25N3O3S. The molecule has 1 aromatic carbocycles. The zero-order valence-electron chi connectivity index (χ0n) is 15.9. The largest absolute Gasteiger partial charge is 0.463 e. The van der Waals surface area contributed by atoms with Crippen molar-refractivity contribution in [1.29, 1.82) is 0 Å². The van der Waals surface area contributed by atoms with Gasteiger partial charge in [-0.3, -0.25) is 4.79 Å². The smallest absolute Gasteiger partial charge is 0.338 e. The van der Waals surface area contributed by atoms with Crippen LogP contribution in [0, 0.1) is 0 Å². The minimum absolute atomic E-state index is 0.0229. The van der Waals surface area contributed by atoms with Gasteiger partial charge in [0, 0.05) is 24.4 Å². The van der Waals surface area contributed by atoms with Crippen LogP contribution in [-0.4, -0.2) is 40.8 Å². The molecule has 1 aromatic rings. The second kappa shape index (κ2) is 8.61. The van der Waals surface area contributed by atoms with Gasteiger partial charge in [-0.05, 0) is 38.0 Å². The molecule has 1 fully saturated rings. The zero-order chi connectivity index (χ0) is 19.4. The zero-order valence-corrected chi connectivity index (χ0v) is 16.8. The first-order valence-corrected chi connectivity index (χ1v) is 10.3. The molecule has 1 atom stereocenters. The Labute approximate surface area is 164 Å². The number of hydrogen-bond donors (Lipinski definition) is 1. The lowest BCUT2D eigenvalue weighted by molar-refractivity contribution is -0.139. The highest BCUT2D eigenvalue weighted by Gasteiger charge is 2.37. The van der Waals surface area contributed by atoms with Gasteiger partial charge in [0.15, 0.2) is 5.17 Å². The van der Waals surface area contributed by atoms with Crippen molar-refractivity contribution in [2.75, 3.05) is 24.2 Å². The Kier molecular flexibility index (Phi) is 6.21. The Hall–Kier alpha value is -2.28. The van der Waals surface area contributed by atoms with Crippen molar-refractivity contribution in [3.63, 3.8) is 0 Å². The summed E-state index contributed by atoms with van der Waals surface area (Å²) in [5.74, 6) is 0.693. The number of allylic oxidation sites excluding steroid dienone is 1. The minimum atomic E-state index is -0.318. The van der Waals surface area contributed by atoms with Gasteiger partial charge in [0.25, 0.3) is 0 Å². The van der Waals surface area contributed by atoms with Gasteiger partial charge < -0.3 is 15.0 Å². The third-order valence-electron chi connectivity index (χ3n) is 4.59. The number of thioether (sulfide) groups is 1. The van der Waals surface area contributed by atoms with Crippen LogP contribution in [0.15, 0.2) is 40.5 Å². The third kappa shape index (κ3) is 4.18. The molecule has 2 heterocycles. The second-order valence-corrected chi connectivity index (χ2v) is 7.50. The van der Waals surface area contributed by atoms with E-state index in [4.69, 9.17) is 4.74 Å². The van der Waals surface area contributed by atoms with Gasteiger partial charge in [0.1, 0.15) is 0 Å². The van der Waals surface area contributed by atoms with Gasteiger partial charge in [-0.2, -0.15) is 0 Å². The maximum Gasteiger partial charge on any atom is 0.338 e. The van der Waals surface area contributed by atoms with Crippen LogP contribution in [0.5, 0.6) is 0 Å². The summed E-state index contributed by atoms with van der Waals surface area (Å²) in [6.45, 7) is 6.67. The summed E-state index contributed by atoms with van der Waals surface area (Å²) in [6, 6.07) is 7.46. The molecule has 0 aliphatic carbocycles. The molecule has 27 heavy (non-hydrogen) atoms. The first-order valence-electron chi connectivity index (χ1n) is 9.31.